The van der Waals surface area contributed by atoms with Crippen LogP contribution in [-0.2, 0) is 13.0 Å². The summed E-state index contributed by atoms with van der Waals surface area (Å²) in [5.41, 5.74) is 9.20. The van der Waals surface area contributed by atoms with Crippen LogP contribution >= 0.6 is 24.0 Å². The third kappa shape index (κ3) is 4.85. The van der Waals surface area contributed by atoms with Crippen molar-refractivity contribution in [3.05, 3.63) is 35.4 Å². The van der Waals surface area contributed by atoms with Gasteiger partial charge in [0.2, 0.25) is 0 Å². The average molecular weight is 442 g/mol. The van der Waals surface area contributed by atoms with Crippen molar-refractivity contribution in [2.75, 3.05) is 26.2 Å². The van der Waals surface area contributed by atoms with Gasteiger partial charge in [-0.3, -0.25) is 9.89 Å². The molecule has 0 bridgehead atoms. The van der Waals surface area contributed by atoms with E-state index >= 15 is 0 Å². The van der Waals surface area contributed by atoms with E-state index < -0.39 is 0 Å². The highest BCUT2D eigenvalue weighted by Gasteiger charge is 2.22. The number of aliphatic imine (C=N–C) groups is 1. The number of rotatable bonds is 4. The molecule has 2 aliphatic rings. The summed E-state index contributed by atoms with van der Waals surface area (Å²) in [7, 11) is 0. The lowest BCUT2D eigenvalue weighted by molar-refractivity contribution is 0.178. The Bertz CT molecular complexity index is 540. The first-order chi connectivity index (χ1) is 11.3. The van der Waals surface area contributed by atoms with Crippen LogP contribution in [0.25, 0.3) is 0 Å². The molecule has 5 heteroatoms. The van der Waals surface area contributed by atoms with Crippen molar-refractivity contribution < 1.29 is 0 Å². The van der Waals surface area contributed by atoms with Crippen molar-refractivity contribution >= 4 is 29.9 Å². The zero-order chi connectivity index (χ0) is 16.1. The molecule has 0 aliphatic carbocycles. The Labute approximate surface area is 163 Å². The Morgan fingerprint density at radius 3 is 2.54 bits per heavy atom. The van der Waals surface area contributed by atoms with Crippen molar-refractivity contribution in [2.24, 2.45) is 10.7 Å². The number of likely N-dealkylation sites (tertiary alicyclic amines) is 1. The summed E-state index contributed by atoms with van der Waals surface area (Å²) < 4.78 is 0. The molecule has 3 rings (SSSR count). The van der Waals surface area contributed by atoms with Crippen molar-refractivity contribution in [3.8, 4) is 0 Å². The maximum Gasteiger partial charge on any atom is 0.191 e. The number of guanidine groups is 1. The number of fused-ring (bicyclic) bond motifs is 1. The summed E-state index contributed by atoms with van der Waals surface area (Å²) in [6.07, 6.45) is 6.10. The Kier molecular flexibility index (Phi) is 7.81. The van der Waals surface area contributed by atoms with Crippen molar-refractivity contribution in [1.29, 1.82) is 0 Å². The molecular weight excluding hydrogens is 411 g/mol. The Hall–Kier alpha value is -0.820. The lowest BCUT2D eigenvalue weighted by Gasteiger charge is -2.35. The predicted molar refractivity (Wildman–Crippen MR) is 112 cm³/mol. The van der Waals surface area contributed by atoms with Gasteiger partial charge in [0, 0.05) is 32.2 Å². The van der Waals surface area contributed by atoms with E-state index in [2.05, 4.69) is 41.0 Å². The van der Waals surface area contributed by atoms with Crippen LogP contribution in [-0.4, -0.2) is 48.0 Å². The molecule has 2 N–H and O–H groups in total. The van der Waals surface area contributed by atoms with Crippen molar-refractivity contribution in [2.45, 2.75) is 51.6 Å². The lowest BCUT2D eigenvalue weighted by Crippen LogP contribution is -2.43. The maximum atomic E-state index is 6.21. The molecule has 1 atom stereocenters. The fourth-order valence-electron chi connectivity index (χ4n) is 3.75. The zero-order valence-electron chi connectivity index (χ0n) is 14.8. The minimum Gasteiger partial charge on any atom is -0.370 e. The molecule has 0 radical (unpaired) electrons. The van der Waals surface area contributed by atoms with Crippen molar-refractivity contribution in [3.63, 3.8) is 0 Å². The second-order valence-electron chi connectivity index (χ2n) is 6.80. The summed E-state index contributed by atoms with van der Waals surface area (Å²) in [4.78, 5) is 9.56. The van der Waals surface area contributed by atoms with Crippen LogP contribution in [0.1, 0.15) is 43.7 Å². The fourth-order valence-corrected chi connectivity index (χ4v) is 3.75. The highest BCUT2D eigenvalue weighted by Crippen LogP contribution is 2.21. The molecule has 0 aromatic heterocycles. The molecule has 2 aliphatic heterocycles. The minimum absolute atomic E-state index is 0. The number of nitrogens with zero attached hydrogens (tertiary/aromatic N) is 3. The second-order valence-corrected chi connectivity index (χ2v) is 6.80. The molecule has 24 heavy (non-hydrogen) atoms. The molecule has 2 heterocycles. The topological polar surface area (TPSA) is 44.9 Å². The van der Waals surface area contributed by atoms with Crippen LogP contribution in [0, 0.1) is 0 Å². The molecule has 0 saturated carbocycles. The highest BCUT2D eigenvalue weighted by molar-refractivity contribution is 14.0. The van der Waals surface area contributed by atoms with E-state index in [4.69, 9.17) is 10.7 Å². The molecule has 134 valence electrons. The van der Waals surface area contributed by atoms with Crippen LogP contribution in [0.15, 0.2) is 29.3 Å². The molecule has 0 spiro atoms. The van der Waals surface area contributed by atoms with Gasteiger partial charge in [0.15, 0.2) is 5.96 Å². The van der Waals surface area contributed by atoms with Gasteiger partial charge in [-0.1, -0.05) is 31.2 Å². The van der Waals surface area contributed by atoms with E-state index in [0.29, 0.717) is 6.04 Å². The highest BCUT2D eigenvalue weighted by atomic mass is 127. The van der Waals surface area contributed by atoms with E-state index in [1.807, 2.05) is 0 Å². The van der Waals surface area contributed by atoms with E-state index in [0.717, 1.165) is 51.5 Å². The molecule has 1 aromatic carbocycles. The molecule has 0 amide bonds. The van der Waals surface area contributed by atoms with E-state index in [-0.39, 0.29) is 24.0 Å². The monoisotopic (exact) mass is 442 g/mol. The Morgan fingerprint density at radius 1 is 1.12 bits per heavy atom. The van der Waals surface area contributed by atoms with E-state index in [1.165, 1.54) is 30.4 Å². The van der Waals surface area contributed by atoms with Crippen LogP contribution in [0.2, 0.25) is 0 Å². The SMILES string of the molecule is CCC(CN=C(N)N1CCCCC1)N1CCc2ccccc2C1.I. The zero-order valence-corrected chi connectivity index (χ0v) is 17.1. The van der Waals surface area contributed by atoms with Crippen LogP contribution in [0.4, 0.5) is 0 Å². The molecule has 1 saturated heterocycles. The lowest BCUT2D eigenvalue weighted by atomic mass is 9.98. The van der Waals surface area contributed by atoms with Gasteiger partial charge >= 0.3 is 0 Å². The Balaban J connectivity index is 0.00000208. The molecule has 4 nitrogen and oxygen atoms in total. The van der Waals surface area contributed by atoms with Gasteiger partial charge < -0.3 is 10.6 Å². The number of nitrogens with two attached hydrogens (primary N) is 1. The summed E-state index contributed by atoms with van der Waals surface area (Å²) in [6.45, 7) is 7.41. The van der Waals surface area contributed by atoms with Crippen LogP contribution in [0.3, 0.4) is 0 Å². The Morgan fingerprint density at radius 2 is 1.83 bits per heavy atom. The van der Waals surface area contributed by atoms with Gasteiger partial charge in [0.25, 0.3) is 0 Å². The number of halogens is 1. The standard InChI is InChI=1S/C19H30N4.HI/c1-2-18(14-21-19(20)22-11-6-3-7-12-22)23-13-10-16-8-4-5-9-17(16)15-23;/h4-5,8-9,18H,2-3,6-7,10-15H2,1H3,(H2,20,21);1H. The molecule has 1 unspecified atom stereocenters. The van der Waals surface area contributed by atoms with Gasteiger partial charge in [0.1, 0.15) is 0 Å². The minimum atomic E-state index is 0. The van der Waals surface area contributed by atoms with Gasteiger partial charge in [-0.25, -0.2) is 0 Å². The van der Waals surface area contributed by atoms with Gasteiger partial charge in [-0.15, -0.1) is 24.0 Å². The summed E-state index contributed by atoms with van der Waals surface area (Å²) >= 11 is 0. The quantitative estimate of drug-likeness (QED) is 0.443. The van der Waals surface area contributed by atoms with Gasteiger partial charge in [-0.05, 0) is 43.2 Å². The first-order valence-electron chi connectivity index (χ1n) is 9.13. The second kappa shape index (κ2) is 9.61. The van der Waals surface area contributed by atoms with Gasteiger partial charge in [0.05, 0.1) is 6.54 Å². The smallest absolute Gasteiger partial charge is 0.191 e. The first kappa shape index (κ1) is 19.5. The molecular formula is C19H31IN4. The van der Waals surface area contributed by atoms with E-state index in [1.54, 1.807) is 0 Å². The van der Waals surface area contributed by atoms with E-state index in [9.17, 15) is 0 Å². The average Bonchev–Trinajstić information content (AvgIpc) is 2.62. The normalized spacial score (nSPS) is 20.2. The third-order valence-corrected chi connectivity index (χ3v) is 5.29. The first-order valence-corrected chi connectivity index (χ1v) is 9.13. The van der Waals surface area contributed by atoms with Gasteiger partial charge in [-0.2, -0.15) is 0 Å². The van der Waals surface area contributed by atoms with Crippen LogP contribution in [0.5, 0.6) is 0 Å². The fraction of sp³-hybridized carbons (Fsp3) is 0.632. The largest absolute Gasteiger partial charge is 0.370 e. The summed E-state index contributed by atoms with van der Waals surface area (Å²) in [5, 5.41) is 0. The number of benzene rings is 1. The molecule has 1 fully saturated rings. The van der Waals surface area contributed by atoms with Crippen LogP contribution < -0.4 is 5.73 Å². The summed E-state index contributed by atoms with van der Waals surface area (Å²) in [6, 6.07) is 9.32. The number of hydrogen-bond acceptors (Lipinski definition) is 2. The van der Waals surface area contributed by atoms with Crippen molar-refractivity contribution in [1.82, 2.24) is 9.80 Å². The number of piperidine rings is 1. The number of hydrogen-bond donors (Lipinski definition) is 1. The molecule has 1 aromatic rings. The summed E-state index contributed by atoms with van der Waals surface area (Å²) in [5.74, 6) is 0.751. The predicted octanol–water partition coefficient (Wildman–Crippen LogP) is 3.24. The maximum absolute atomic E-state index is 6.21. The third-order valence-electron chi connectivity index (χ3n) is 5.29.